The van der Waals surface area contributed by atoms with Gasteiger partial charge in [0.15, 0.2) is 5.78 Å². The third-order valence-electron chi connectivity index (χ3n) is 3.87. The topological polar surface area (TPSA) is 84.3 Å². The summed E-state index contributed by atoms with van der Waals surface area (Å²) in [6, 6.07) is 10.2. The smallest absolute Gasteiger partial charge is 0.406 e. The Balaban J connectivity index is 1.80. The van der Waals surface area contributed by atoms with Gasteiger partial charge < -0.3 is 15.2 Å². The molecule has 9 heteroatoms. The van der Waals surface area contributed by atoms with Crippen LogP contribution in [0.4, 0.5) is 24.7 Å². The Bertz CT molecular complexity index is 976. The second-order valence-electron chi connectivity index (χ2n) is 5.90. The van der Waals surface area contributed by atoms with Crippen molar-refractivity contribution in [3.8, 4) is 5.75 Å². The minimum atomic E-state index is -4.75. The van der Waals surface area contributed by atoms with Gasteiger partial charge in [-0.15, -0.1) is 13.2 Å². The summed E-state index contributed by atoms with van der Waals surface area (Å²) in [4.78, 5) is 20.4. The number of ether oxygens (including phenoxy) is 1. The van der Waals surface area contributed by atoms with E-state index in [0.29, 0.717) is 34.4 Å². The molecule has 0 saturated heterocycles. The molecular formula is C19H16F3N3O3. The molecule has 0 aliphatic heterocycles. The van der Waals surface area contributed by atoms with Crippen LogP contribution in [0.5, 0.6) is 5.75 Å². The number of benzene rings is 2. The predicted octanol–water partition coefficient (Wildman–Crippen LogP) is 4.23. The lowest BCUT2D eigenvalue weighted by Gasteiger charge is -2.11. The van der Waals surface area contributed by atoms with E-state index in [9.17, 15) is 18.0 Å². The molecule has 2 N–H and O–H groups in total. The first-order chi connectivity index (χ1) is 13.4. The zero-order valence-corrected chi connectivity index (χ0v) is 14.5. The summed E-state index contributed by atoms with van der Waals surface area (Å²) >= 11 is 0. The number of rotatable bonds is 7. The molecule has 1 aromatic heterocycles. The maximum Gasteiger partial charge on any atom is 0.573 e. The number of nitrogens with one attached hydrogen (secondary N) is 1. The van der Waals surface area contributed by atoms with E-state index in [1.807, 2.05) is 0 Å². The molecule has 0 spiro atoms. The van der Waals surface area contributed by atoms with Crippen LogP contribution in [0, 0.1) is 0 Å². The van der Waals surface area contributed by atoms with Crippen molar-refractivity contribution in [3.05, 3.63) is 54.4 Å². The molecule has 0 amide bonds. The van der Waals surface area contributed by atoms with Gasteiger partial charge in [-0.05, 0) is 42.8 Å². The van der Waals surface area contributed by atoms with Crippen LogP contribution in [-0.4, -0.2) is 33.8 Å². The molecule has 0 fully saturated rings. The molecule has 0 aliphatic rings. The van der Waals surface area contributed by atoms with Gasteiger partial charge in [-0.2, -0.15) is 0 Å². The van der Waals surface area contributed by atoms with Gasteiger partial charge in [0, 0.05) is 29.7 Å². The lowest BCUT2D eigenvalue weighted by Crippen LogP contribution is -2.16. The fourth-order valence-corrected chi connectivity index (χ4v) is 2.59. The lowest BCUT2D eigenvalue weighted by atomic mass is 10.0. The standard InChI is InChI=1S/C19H16F3N3O3/c20-19(21,22)28-14-6-4-13(5-7-14)25-18-15-8-3-12(17(27)2-1-9-26)10-16(15)23-11-24-18/h3-8,10-11,26H,1-2,9H2,(H,23,24,25). The van der Waals surface area contributed by atoms with Crippen molar-refractivity contribution in [2.45, 2.75) is 19.2 Å². The molecule has 0 saturated carbocycles. The van der Waals surface area contributed by atoms with Gasteiger partial charge in [0.1, 0.15) is 17.9 Å². The zero-order valence-electron chi connectivity index (χ0n) is 14.5. The van der Waals surface area contributed by atoms with E-state index in [0.717, 1.165) is 0 Å². The molecule has 6 nitrogen and oxygen atoms in total. The van der Waals surface area contributed by atoms with Crippen molar-refractivity contribution >= 4 is 28.2 Å². The number of Topliss-reactive ketones (excluding diaryl/α,β-unsaturated/α-hetero) is 1. The predicted molar refractivity (Wildman–Crippen MR) is 96.6 cm³/mol. The number of nitrogens with zero attached hydrogens (tertiary/aromatic N) is 2. The number of aliphatic hydroxyl groups is 1. The van der Waals surface area contributed by atoms with Crippen LogP contribution in [0.2, 0.25) is 0 Å². The summed E-state index contributed by atoms with van der Waals surface area (Å²) in [5, 5.41) is 12.5. The summed E-state index contributed by atoms with van der Waals surface area (Å²) in [6.07, 6.45) is -2.79. The molecule has 2 aromatic carbocycles. The van der Waals surface area contributed by atoms with Crippen LogP contribution >= 0.6 is 0 Å². The highest BCUT2D eigenvalue weighted by atomic mass is 19.4. The summed E-state index contributed by atoms with van der Waals surface area (Å²) in [7, 11) is 0. The van der Waals surface area contributed by atoms with E-state index in [1.165, 1.54) is 30.6 Å². The van der Waals surface area contributed by atoms with Crippen molar-refractivity contribution in [1.82, 2.24) is 9.97 Å². The van der Waals surface area contributed by atoms with Crippen molar-refractivity contribution in [2.24, 2.45) is 0 Å². The lowest BCUT2D eigenvalue weighted by molar-refractivity contribution is -0.274. The number of aliphatic hydroxyl groups excluding tert-OH is 1. The minimum Gasteiger partial charge on any atom is -0.406 e. The molecule has 0 radical (unpaired) electrons. The molecule has 0 bridgehead atoms. The number of alkyl halides is 3. The Morgan fingerprint density at radius 2 is 1.86 bits per heavy atom. The third-order valence-corrected chi connectivity index (χ3v) is 3.87. The second-order valence-corrected chi connectivity index (χ2v) is 5.90. The van der Waals surface area contributed by atoms with Crippen LogP contribution in [0.1, 0.15) is 23.2 Å². The van der Waals surface area contributed by atoms with Gasteiger partial charge in [-0.3, -0.25) is 4.79 Å². The molecule has 1 heterocycles. The average Bonchev–Trinajstić information content (AvgIpc) is 2.66. The van der Waals surface area contributed by atoms with E-state index in [2.05, 4.69) is 20.0 Å². The summed E-state index contributed by atoms with van der Waals surface area (Å²) < 4.78 is 40.5. The Morgan fingerprint density at radius 3 is 2.54 bits per heavy atom. The molecule has 3 aromatic rings. The first-order valence-electron chi connectivity index (χ1n) is 8.37. The van der Waals surface area contributed by atoms with E-state index < -0.39 is 6.36 Å². The van der Waals surface area contributed by atoms with E-state index in [4.69, 9.17) is 5.11 Å². The highest BCUT2D eigenvalue weighted by molar-refractivity contribution is 6.01. The van der Waals surface area contributed by atoms with Crippen LogP contribution in [0.3, 0.4) is 0 Å². The van der Waals surface area contributed by atoms with Crippen molar-refractivity contribution < 1.29 is 27.8 Å². The van der Waals surface area contributed by atoms with Crippen LogP contribution in [-0.2, 0) is 0 Å². The highest BCUT2D eigenvalue weighted by Gasteiger charge is 2.30. The molecule has 146 valence electrons. The number of fused-ring (bicyclic) bond motifs is 1. The van der Waals surface area contributed by atoms with Gasteiger partial charge >= 0.3 is 6.36 Å². The van der Waals surface area contributed by atoms with Crippen LogP contribution < -0.4 is 10.1 Å². The van der Waals surface area contributed by atoms with Gasteiger partial charge in [0.25, 0.3) is 0 Å². The highest BCUT2D eigenvalue weighted by Crippen LogP contribution is 2.27. The number of carbonyl (C=O) groups excluding carboxylic acids is 1. The maximum atomic E-state index is 12.2. The molecule has 3 rings (SSSR count). The second kappa shape index (κ2) is 8.22. The SMILES string of the molecule is O=C(CCCO)c1ccc2c(Nc3ccc(OC(F)(F)F)cc3)ncnc2c1. The molecule has 0 unspecified atom stereocenters. The van der Waals surface area contributed by atoms with Gasteiger partial charge in [-0.25, -0.2) is 9.97 Å². The summed E-state index contributed by atoms with van der Waals surface area (Å²) in [5.74, 6) is 0.0322. The first-order valence-corrected chi connectivity index (χ1v) is 8.37. The largest absolute Gasteiger partial charge is 0.573 e. The Labute approximate surface area is 158 Å². The summed E-state index contributed by atoms with van der Waals surface area (Å²) in [6.45, 7) is -0.0532. The molecule has 0 aliphatic carbocycles. The monoisotopic (exact) mass is 391 g/mol. The number of anilines is 2. The van der Waals surface area contributed by atoms with E-state index >= 15 is 0 Å². The zero-order chi connectivity index (χ0) is 20.1. The Kier molecular flexibility index (Phi) is 5.74. The molecular weight excluding hydrogens is 375 g/mol. The number of halogens is 3. The third kappa shape index (κ3) is 4.95. The Morgan fingerprint density at radius 1 is 1.11 bits per heavy atom. The van der Waals surface area contributed by atoms with Crippen molar-refractivity contribution in [3.63, 3.8) is 0 Å². The minimum absolute atomic E-state index is 0.0532. The van der Waals surface area contributed by atoms with E-state index in [-0.39, 0.29) is 24.6 Å². The average molecular weight is 391 g/mol. The number of hydrogen-bond donors (Lipinski definition) is 2. The molecule has 28 heavy (non-hydrogen) atoms. The Hall–Kier alpha value is -3.20. The van der Waals surface area contributed by atoms with Crippen molar-refractivity contribution in [2.75, 3.05) is 11.9 Å². The fourth-order valence-electron chi connectivity index (χ4n) is 2.59. The van der Waals surface area contributed by atoms with Crippen molar-refractivity contribution in [1.29, 1.82) is 0 Å². The number of carbonyl (C=O) groups is 1. The number of hydrogen-bond acceptors (Lipinski definition) is 6. The van der Waals surface area contributed by atoms with Gasteiger partial charge in [0.05, 0.1) is 5.52 Å². The number of ketones is 1. The van der Waals surface area contributed by atoms with Crippen LogP contribution in [0.25, 0.3) is 10.9 Å². The number of aromatic nitrogens is 2. The van der Waals surface area contributed by atoms with E-state index in [1.54, 1.807) is 18.2 Å². The van der Waals surface area contributed by atoms with Crippen LogP contribution in [0.15, 0.2) is 48.8 Å². The first kappa shape index (κ1) is 19.6. The maximum absolute atomic E-state index is 12.2. The fraction of sp³-hybridized carbons (Fsp3) is 0.211. The summed E-state index contributed by atoms with van der Waals surface area (Å²) in [5.41, 5.74) is 1.54. The normalized spacial score (nSPS) is 11.4. The quantitative estimate of drug-likeness (QED) is 0.587. The van der Waals surface area contributed by atoms with Gasteiger partial charge in [0.2, 0.25) is 0 Å². The molecule has 0 atom stereocenters. The van der Waals surface area contributed by atoms with Gasteiger partial charge in [-0.1, -0.05) is 6.07 Å².